The number of anilines is 1. The van der Waals surface area contributed by atoms with Crippen LogP contribution in [0.25, 0.3) is 0 Å². The summed E-state index contributed by atoms with van der Waals surface area (Å²) in [5.74, 6) is 1.59. The number of ether oxygens (including phenoxy) is 1. The van der Waals surface area contributed by atoms with E-state index in [0.717, 1.165) is 24.3 Å². The van der Waals surface area contributed by atoms with Crippen molar-refractivity contribution in [2.24, 2.45) is 0 Å². The van der Waals surface area contributed by atoms with E-state index in [1.54, 1.807) is 0 Å². The molecule has 0 atom stereocenters. The zero-order valence-corrected chi connectivity index (χ0v) is 11.9. The predicted molar refractivity (Wildman–Crippen MR) is 78.4 cm³/mol. The standard InChI is InChI=1S/C13H16N2O4S/c1-19-13(16)9-2-3-12(15(17)18)11(8-9)14-10-4-6-20-7-5-10/h2-3,8,10,14H,4-7H2,1H3. The van der Waals surface area contributed by atoms with E-state index < -0.39 is 10.9 Å². The normalized spacial score (nSPS) is 15.7. The molecule has 0 unspecified atom stereocenters. The number of nitro groups is 1. The van der Waals surface area contributed by atoms with Gasteiger partial charge in [-0.25, -0.2) is 4.79 Å². The number of benzene rings is 1. The maximum absolute atomic E-state index is 11.5. The second-order valence-corrected chi connectivity index (χ2v) is 5.74. The van der Waals surface area contributed by atoms with E-state index in [4.69, 9.17) is 0 Å². The number of methoxy groups -OCH3 is 1. The van der Waals surface area contributed by atoms with Gasteiger partial charge in [0.25, 0.3) is 5.69 Å². The average Bonchev–Trinajstić information content (AvgIpc) is 2.47. The predicted octanol–water partition coefficient (Wildman–Crippen LogP) is 2.69. The Morgan fingerprint density at radius 3 is 2.75 bits per heavy atom. The molecule has 1 aromatic carbocycles. The number of rotatable bonds is 4. The molecule has 0 radical (unpaired) electrons. The molecule has 1 saturated heterocycles. The second-order valence-electron chi connectivity index (χ2n) is 4.51. The fraction of sp³-hybridized carbons (Fsp3) is 0.462. The summed E-state index contributed by atoms with van der Waals surface area (Å²) in [7, 11) is 1.29. The molecule has 1 fully saturated rings. The largest absolute Gasteiger partial charge is 0.465 e. The van der Waals surface area contributed by atoms with Gasteiger partial charge in [0.2, 0.25) is 0 Å². The van der Waals surface area contributed by atoms with Gasteiger partial charge in [0, 0.05) is 12.1 Å². The Morgan fingerprint density at radius 1 is 1.45 bits per heavy atom. The summed E-state index contributed by atoms with van der Waals surface area (Å²) >= 11 is 1.88. The number of nitrogens with one attached hydrogen (secondary N) is 1. The molecule has 0 aromatic heterocycles. The molecule has 6 nitrogen and oxygen atoms in total. The number of hydrogen-bond acceptors (Lipinski definition) is 6. The first kappa shape index (κ1) is 14.6. The van der Waals surface area contributed by atoms with Crippen molar-refractivity contribution < 1.29 is 14.5 Å². The van der Waals surface area contributed by atoms with Crippen LogP contribution in [0.2, 0.25) is 0 Å². The molecule has 1 N–H and O–H groups in total. The number of thioether (sulfide) groups is 1. The van der Waals surface area contributed by atoms with Crippen molar-refractivity contribution in [3.63, 3.8) is 0 Å². The zero-order valence-electron chi connectivity index (χ0n) is 11.1. The summed E-state index contributed by atoms with van der Waals surface area (Å²) < 4.78 is 4.64. The summed E-state index contributed by atoms with van der Waals surface area (Å²) in [6.45, 7) is 0. The van der Waals surface area contributed by atoms with Crippen LogP contribution < -0.4 is 5.32 Å². The minimum atomic E-state index is -0.498. The van der Waals surface area contributed by atoms with Crippen LogP contribution in [-0.2, 0) is 4.74 Å². The van der Waals surface area contributed by atoms with E-state index in [0.29, 0.717) is 11.3 Å². The van der Waals surface area contributed by atoms with Gasteiger partial charge in [-0.3, -0.25) is 10.1 Å². The van der Waals surface area contributed by atoms with Crippen LogP contribution in [0.3, 0.4) is 0 Å². The maximum Gasteiger partial charge on any atom is 0.337 e. The Hall–Kier alpha value is -1.76. The van der Waals surface area contributed by atoms with Crippen molar-refractivity contribution >= 4 is 29.1 Å². The lowest BCUT2D eigenvalue weighted by Gasteiger charge is -2.23. The molecule has 20 heavy (non-hydrogen) atoms. The summed E-state index contributed by atoms with van der Waals surface area (Å²) in [5, 5.41) is 14.2. The average molecular weight is 296 g/mol. The van der Waals surface area contributed by atoms with Gasteiger partial charge in [-0.2, -0.15) is 11.8 Å². The number of hydrogen-bond donors (Lipinski definition) is 1. The van der Waals surface area contributed by atoms with Gasteiger partial charge in [-0.1, -0.05) is 0 Å². The van der Waals surface area contributed by atoms with Crippen LogP contribution >= 0.6 is 11.8 Å². The minimum Gasteiger partial charge on any atom is -0.465 e. The van der Waals surface area contributed by atoms with Gasteiger partial charge in [-0.05, 0) is 36.5 Å². The van der Waals surface area contributed by atoms with E-state index in [9.17, 15) is 14.9 Å². The monoisotopic (exact) mass is 296 g/mol. The number of nitro benzene ring substituents is 1. The van der Waals surface area contributed by atoms with Crippen molar-refractivity contribution in [1.29, 1.82) is 0 Å². The van der Waals surface area contributed by atoms with Gasteiger partial charge < -0.3 is 10.1 Å². The van der Waals surface area contributed by atoms with Gasteiger partial charge in [0.15, 0.2) is 0 Å². The van der Waals surface area contributed by atoms with E-state index in [1.807, 2.05) is 11.8 Å². The van der Waals surface area contributed by atoms with Crippen LogP contribution in [0.5, 0.6) is 0 Å². The highest BCUT2D eigenvalue weighted by Gasteiger charge is 2.21. The number of nitrogens with zero attached hydrogens (tertiary/aromatic N) is 1. The van der Waals surface area contributed by atoms with Crippen molar-refractivity contribution in [3.05, 3.63) is 33.9 Å². The maximum atomic E-state index is 11.5. The van der Waals surface area contributed by atoms with E-state index in [1.165, 1.54) is 25.3 Å². The quantitative estimate of drug-likeness (QED) is 0.522. The molecular formula is C13H16N2O4S. The highest BCUT2D eigenvalue weighted by atomic mass is 32.2. The lowest BCUT2D eigenvalue weighted by molar-refractivity contribution is -0.384. The van der Waals surface area contributed by atoms with E-state index >= 15 is 0 Å². The van der Waals surface area contributed by atoms with Crippen LogP contribution in [0.4, 0.5) is 11.4 Å². The Balaban J connectivity index is 2.26. The number of carbonyl (C=O) groups is 1. The Kier molecular flexibility index (Phi) is 4.84. The summed E-state index contributed by atoms with van der Waals surface area (Å²) in [4.78, 5) is 22.1. The molecule has 0 amide bonds. The van der Waals surface area contributed by atoms with Gasteiger partial charge in [0.05, 0.1) is 17.6 Å². The molecule has 7 heteroatoms. The third-order valence-corrected chi connectivity index (χ3v) is 4.24. The molecular weight excluding hydrogens is 280 g/mol. The van der Waals surface area contributed by atoms with Crippen LogP contribution in [0.15, 0.2) is 18.2 Å². The number of esters is 1. The van der Waals surface area contributed by atoms with Crippen molar-refractivity contribution in [2.75, 3.05) is 23.9 Å². The molecule has 0 bridgehead atoms. The SMILES string of the molecule is COC(=O)c1ccc([N+](=O)[O-])c(NC2CCSCC2)c1. The van der Waals surface area contributed by atoms with E-state index in [-0.39, 0.29) is 11.7 Å². The van der Waals surface area contributed by atoms with Crippen molar-refractivity contribution in [2.45, 2.75) is 18.9 Å². The van der Waals surface area contributed by atoms with Crippen molar-refractivity contribution in [1.82, 2.24) is 0 Å². The third-order valence-electron chi connectivity index (χ3n) is 3.20. The fourth-order valence-electron chi connectivity index (χ4n) is 2.12. The minimum absolute atomic E-state index is 0.0177. The molecule has 1 heterocycles. The Labute approximate surface area is 121 Å². The lowest BCUT2D eigenvalue weighted by Crippen LogP contribution is -2.25. The Bertz CT molecular complexity index is 515. The summed E-state index contributed by atoms with van der Waals surface area (Å²) in [6.07, 6.45) is 1.93. The molecule has 0 spiro atoms. The lowest BCUT2D eigenvalue weighted by atomic mass is 10.1. The van der Waals surface area contributed by atoms with Crippen LogP contribution in [0, 0.1) is 10.1 Å². The van der Waals surface area contributed by atoms with Gasteiger partial charge in [-0.15, -0.1) is 0 Å². The smallest absolute Gasteiger partial charge is 0.337 e. The fourth-order valence-corrected chi connectivity index (χ4v) is 3.22. The first-order chi connectivity index (χ1) is 9.61. The zero-order chi connectivity index (χ0) is 14.5. The molecule has 1 aliphatic rings. The Morgan fingerprint density at radius 2 is 2.15 bits per heavy atom. The summed E-state index contributed by atoms with van der Waals surface area (Å²) in [5.41, 5.74) is 0.677. The first-order valence-electron chi connectivity index (χ1n) is 6.33. The molecule has 1 aromatic rings. The molecule has 0 saturated carbocycles. The van der Waals surface area contributed by atoms with Gasteiger partial charge >= 0.3 is 5.97 Å². The van der Waals surface area contributed by atoms with Crippen molar-refractivity contribution in [3.8, 4) is 0 Å². The van der Waals surface area contributed by atoms with Crippen LogP contribution in [-0.4, -0.2) is 35.5 Å². The highest BCUT2D eigenvalue weighted by Crippen LogP contribution is 2.29. The molecule has 1 aliphatic heterocycles. The number of carbonyl (C=O) groups excluding carboxylic acids is 1. The second kappa shape index (κ2) is 6.60. The van der Waals surface area contributed by atoms with E-state index in [2.05, 4.69) is 10.1 Å². The molecule has 2 rings (SSSR count). The van der Waals surface area contributed by atoms with Gasteiger partial charge in [0.1, 0.15) is 5.69 Å². The molecule has 108 valence electrons. The highest BCUT2D eigenvalue weighted by molar-refractivity contribution is 7.99. The first-order valence-corrected chi connectivity index (χ1v) is 7.48. The topological polar surface area (TPSA) is 81.5 Å². The van der Waals surface area contributed by atoms with Crippen LogP contribution in [0.1, 0.15) is 23.2 Å². The third kappa shape index (κ3) is 3.41. The summed E-state index contributed by atoms with van der Waals surface area (Å²) in [6, 6.07) is 4.45. The molecule has 0 aliphatic carbocycles.